The average molecular weight is 159 g/mol. The molecule has 0 spiro atoms. The van der Waals surface area contributed by atoms with Gasteiger partial charge >= 0.3 is 0 Å². The van der Waals surface area contributed by atoms with Crippen LogP contribution in [0.5, 0.6) is 0 Å². The van der Waals surface area contributed by atoms with Crippen molar-refractivity contribution in [2.75, 3.05) is 11.6 Å². The second-order valence-corrected chi connectivity index (χ2v) is 2.86. The van der Waals surface area contributed by atoms with Crippen molar-refractivity contribution in [3.63, 3.8) is 0 Å². The molecule has 0 aliphatic carbocycles. The molecule has 1 aromatic rings. The van der Waals surface area contributed by atoms with Crippen LogP contribution < -0.4 is 10.9 Å². The zero-order valence-electron chi connectivity index (χ0n) is 6.62. The molecule has 60 valence electrons. The summed E-state index contributed by atoms with van der Waals surface area (Å²) in [5.74, 6) is 5.69. The van der Waals surface area contributed by atoms with Crippen molar-refractivity contribution in [3.05, 3.63) is 29.3 Å². The molecule has 0 atom stereocenters. The quantitative estimate of drug-likeness (QED) is 0.569. The Kier molecular flexibility index (Phi) is 1.49. The van der Waals surface area contributed by atoms with Gasteiger partial charge in [-0.25, -0.2) is 5.84 Å². The minimum atomic E-state index is 0.750. The summed E-state index contributed by atoms with van der Waals surface area (Å²) in [4.78, 5) is 0. The molecule has 0 radical (unpaired) electrons. The number of hydrogen-bond donors (Lipinski definition) is 1. The molecule has 1 aromatic carbocycles. The van der Waals surface area contributed by atoms with E-state index in [0.717, 1.165) is 29.8 Å². The van der Waals surface area contributed by atoms with E-state index >= 15 is 0 Å². The number of nitrogens with zero attached hydrogens (tertiary/aromatic N) is 2. The van der Waals surface area contributed by atoms with E-state index in [-0.39, 0.29) is 0 Å². The zero-order chi connectivity index (χ0) is 8.55. The topological polar surface area (TPSA) is 53.0 Å². The van der Waals surface area contributed by atoms with Crippen LogP contribution in [0, 0.1) is 11.3 Å². The molecule has 1 aliphatic heterocycles. The SMILES string of the molecule is N#Cc1cccc2c1CCN2N. The highest BCUT2D eigenvalue weighted by Gasteiger charge is 2.18. The molecule has 0 aromatic heterocycles. The van der Waals surface area contributed by atoms with Gasteiger partial charge in [-0.05, 0) is 24.1 Å². The van der Waals surface area contributed by atoms with Crippen LogP contribution in [-0.4, -0.2) is 6.54 Å². The number of hydrazine groups is 1. The molecule has 0 unspecified atom stereocenters. The van der Waals surface area contributed by atoms with Gasteiger partial charge in [-0.1, -0.05) is 6.07 Å². The number of rotatable bonds is 0. The average Bonchev–Trinajstić information content (AvgIpc) is 2.48. The predicted molar refractivity (Wildman–Crippen MR) is 46.4 cm³/mol. The zero-order valence-corrected chi connectivity index (χ0v) is 6.62. The maximum Gasteiger partial charge on any atom is 0.0995 e. The Bertz CT molecular complexity index is 351. The van der Waals surface area contributed by atoms with Gasteiger partial charge in [-0.2, -0.15) is 5.26 Å². The lowest BCUT2D eigenvalue weighted by atomic mass is 10.1. The van der Waals surface area contributed by atoms with E-state index in [9.17, 15) is 0 Å². The molecular formula is C9H9N3. The van der Waals surface area contributed by atoms with Crippen LogP contribution in [0.4, 0.5) is 5.69 Å². The van der Waals surface area contributed by atoms with Gasteiger partial charge < -0.3 is 5.01 Å². The van der Waals surface area contributed by atoms with Crippen LogP contribution in [-0.2, 0) is 6.42 Å². The summed E-state index contributed by atoms with van der Waals surface area (Å²) in [6.45, 7) is 0.814. The molecule has 1 aliphatic rings. The van der Waals surface area contributed by atoms with Crippen molar-refractivity contribution in [2.45, 2.75) is 6.42 Å². The van der Waals surface area contributed by atoms with E-state index in [2.05, 4.69) is 6.07 Å². The molecule has 0 amide bonds. The molecule has 0 saturated heterocycles. The van der Waals surface area contributed by atoms with Crippen LogP contribution in [0.2, 0.25) is 0 Å². The molecule has 0 fully saturated rings. The first-order valence-corrected chi connectivity index (χ1v) is 3.87. The maximum atomic E-state index is 8.78. The Morgan fingerprint density at radius 1 is 1.50 bits per heavy atom. The summed E-state index contributed by atoms with van der Waals surface area (Å²) < 4.78 is 0. The van der Waals surface area contributed by atoms with E-state index in [4.69, 9.17) is 11.1 Å². The van der Waals surface area contributed by atoms with Gasteiger partial charge in [0.2, 0.25) is 0 Å². The standard InChI is InChI=1S/C9H9N3/c10-6-7-2-1-3-9-8(7)4-5-12(9)11/h1-3H,4-5,11H2. The van der Waals surface area contributed by atoms with Gasteiger partial charge in [0.05, 0.1) is 17.3 Å². The molecule has 2 N–H and O–H groups in total. The van der Waals surface area contributed by atoms with Crippen molar-refractivity contribution in [2.24, 2.45) is 5.84 Å². The Balaban J connectivity index is 2.60. The van der Waals surface area contributed by atoms with Gasteiger partial charge in [0, 0.05) is 6.54 Å². The summed E-state index contributed by atoms with van der Waals surface area (Å²) in [6, 6.07) is 7.81. The molecule has 1 heterocycles. The van der Waals surface area contributed by atoms with Crippen LogP contribution in [0.15, 0.2) is 18.2 Å². The maximum absolute atomic E-state index is 8.78. The van der Waals surface area contributed by atoms with Crippen LogP contribution in [0.3, 0.4) is 0 Å². The summed E-state index contributed by atoms with van der Waals surface area (Å²) >= 11 is 0. The minimum Gasteiger partial charge on any atom is -0.310 e. The third-order valence-electron chi connectivity index (χ3n) is 2.18. The van der Waals surface area contributed by atoms with Crippen LogP contribution in [0.25, 0.3) is 0 Å². The number of nitriles is 1. The molecule has 3 nitrogen and oxygen atoms in total. The summed E-state index contributed by atoms with van der Waals surface area (Å²) in [6.07, 6.45) is 0.884. The fourth-order valence-corrected chi connectivity index (χ4v) is 1.56. The monoisotopic (exact) mass is 159 g/mol. The lowest BCUT2D eigenvalue weighted by Gasteiger charge is -2.10. The van der Waals surface area contributed by atoms with Gasteiger partial charge in [0.15, 0.2) is 0 Å². The number of nitrogens with two attached hydrogens (primary N) is 1. The van der Waals surface area contributed by atoms with Gasteiger partial charge in [-0.15, -0.1) is 0 Å². The van der Waals surface area contributed by atoms with E-state index in [1.54, 1.807) is 5.01 Å². The summed E-state index contributed by atoms with van der Waals surface area (Å²) in [7, 11) is 0. The van der Waals surface area contributed by atoms with E-state index < -0.39 is 0 Å². The van der Waals surface area contributed by atoms with Crippen molar-refractivity contribution >= 4 is 5.69 Å². The second kappa shape index (κ2) is 2.50. The van der Waals surface area contributed by atoms with Crippen molar-refractivity contribution in [3.8, 4) is 6.07 Å². The van der Waals surface area contributed by atoms with Gasteiger partial charge in [0.25, 0.3) is 0 Å². The Hall–Kier alpha value is -1.53. The first-order chi connectivity index (χ1) is 5.83. The summed E-state index contributed by atoms with van der Waals surface area (Å²) in [5.41, 5.74) is 2.83. The first-order valence-electron chi connectivity index (χ1n) is 3.87. The molecule has 2 rings (SSSR count). The lowest BCUT2D eigenvalue weighted by Crippen LogP contribution is -2.27. The first kappa shape index (κ1) is 7.14. The second-order valence-electron chi connectivity index (χ2n) is 2.86. The molecule has 3 heteroatoms. The Morgan fingerprint density at radius 3 is 3.08 bits per heavy atom. The van der Waals surface area contributed by atoms with Crippen LogP contribution in [0.1, 0.15) is 11.1 Å². The summed E-state index contributed by atoms with van der Waals surface area (Å²) in [5, 5.41) is 10.5. The van der Waals surface area contributed by atoms with E-state index in [0.29, 0.717) is 0 Å². The minimum absolute atomic E-state index is 0.750. The smallest absolute Gasteiger partial charge is 0.0995 e. The number of anilines is 1. The Morgan fingerprint density at radius 2 is 2.33 bits per heavy atom. The van der Waals surface area contributed by atoms with Crippen molar-refractivity contribution in [1.29, 1.82) is 5.26 Å². The lowest BCUT2D eigenvalue weighted by molar-refractivity contribution is 0.891. The van der Waals surface area contributed by atoms with Crippen molar-refractivity contribution < 1.29 is 0 Å². The number of hydrogen-bond acceptors (Lipinski definition) is 3. The molecule has 0 saturated carbocycles. The number of benzene rings is 1. The van der Waals surface area contributed by atoms with E-state index in [1.807, 2.05) is 18.2 Å². The normalized spacial score (nSPS) is 14.2. The fourth-order valence-electron chi connectivity index (χ4n) is 1.56. The fraction of sp³-hybridized carbons (Fsp3) is 0.222. The third kappa shape index (κ3) is 0.858. The largest absolute Gasteiger partial charge is 0.310 e. The van der Waals surface area contributed by atoms with Gasteiger partial charge in [0.1, 0.15) is 0 Å². The highest BCUT2D eigenvalue weighted by molar-refractivity contribution is 5.62. The third-order valence-corrected chi connectivity index (χ3v) is 2.18. The number of fused-ring (bicyclic) bond motifs is 1. The Labute approximate surface area is 71.0 Å². The van der Waals surface area contributed by atoms with Crippen LogP contribution >= 0.6 is 0 Å². The highest BCUT2D eigenvalue weighted by atomic mass is 15.4. The highest BCUT2D eigenvalue weighted by Crippen LogP contribution is 2.27. The van der Waals surface area contributed by atoms with E-state index in [1.165, 1.54) is 0 Å². The predicted octanol–water partition coefficient (Wildman–Crippen LogP) is 0.794. The molecule has 12 heavy (non-hydrogen) atoms. The van der Waals surface area contributed by atoms with Crippen molar-refractivity contribution in [1.82, 2.24) is 0 Å². The molecular weight excluding hydrogens is 150 g/mol. The molecule has 0 bridgehead atoms. The van der Waals surface area contributed by atoms with Gasteiger partial charge in [-0.3, -0.25) is 0 Å².